The third-order valence-corrected chi connectivity index (χ3v) is 3.13. The number of aromatic nitrogens is 1. The van der Waals surface area contributed by atoms with Crippen LogP contribution in [0, 0.1) is 0 Å². The zero-order chi connectivity index (χ0) is 14.5. The second-order valence-corrected chi connectivity index (χ2v) is 4.84. The van der Waals surface area contributed by atoms with Crippen molar-refractivity contribution >= 4 is 34.7 Å². The van der Waals surface area contributed by atoms with E-state index in [0.29, 0.717) is 15.9 Å². The van der Waals surface area contributed by atoms with Gasteiger partial charge in [0.25, 0.3) is 0 Å². The molecule has 0 aliphatic rings. The molecule has 2 rings (SSSR count). The van der Waals surface area contributed by atoms with Gasteiger partial charge in [-0.25, -0.2) is 4.98 Å². The molecule has 20 heavy (non-hydrogen) atoms. The fraction of sp³-hybridized carbons (Fsp3) is 0.143. The van der Waals surface area contributed by atoms with Gasteiger partial charge in [0, 0.05) is 11.8 Å². The Kier molecular flexibility index (Phi) is 4.82. The van der Waals surface area contributed by atoms with Crippen molar-refractivity contribution in [2.45, 2.75) is 6.92 Å². The number of halogens is 2. The van der Waals surface area contributed by atoms with Crippen molar-refractivity contribution in [3.8, 4) is 5.75 Å². The number of ether oxygens (including phenoxy) is 1. The van der Waals surface area contributed by atoms with Gasteiger partial charge in [0.1, 0.15) is 5.75 Å². The Morgan fingerprint density at radius 2 is 2.05 bits per heavy atom. The molecule has 1 aromatic heterocycles. The number of hydrogen-bond acceptors (Lipinski definition) is 4. The summed E-state index contributed by atoms with van der Waals surface area (Å²) in [4.78, 5) is 4.07. The van der Waals surface area contributed by atoms with Gasteiger partial charge in [-0.2, -0.15) is 5.10 Å². The molecular weight excluding hydrogens is 297 g/mol. The van der Waals surface area contributed by atoms with Gasteiger partial charge in [-0.05, 0) is 25.1 Å². The van der Waals surface area contributed by atoms with Crippen LogP contribution in [-0.2, 0) is 0 Å². The molecule has 0 unspecified atom stereocenters. The number of benzene rings is 1. The van der Waals surface area contributed by atoms with Crippen molar-refractivity contribution in [2.24, 2.45) is 5.10 Å². The van der Waals surface area contributed by atoms with Crippen molar-refractivity contribution in [3.05, 3.63) is 52.1 Å². The van der Waals surface area contributed by atoms with Gasteiger partial charge >= 0.3 is 0 Å². The van der Waals surface area contributed by atoms with Crippen LogP contribution in [0.2, 0.25) is 10.0 Å². The second-order valence-electron chi connectivity index (χ2n) is 3.99. The number of anilines is 1. The van der Waals surface area contributed by atoms with Gasteiger partial charge < -0.3 is 4.74 Å². The minimum absolute atomic E-state index is 0.411. The van der Waals surface area contributed by atoms with Crippen LogP contribution in [0.25, 0.3) is 0 Å². The van der Waals surface area contributed by atoms with Gasteiger partial charge in [0.05, 0.1) is 22.9 Å². The molecule has 0 fully saturated rings. The highest BCUT2D eigenvalue weighted by Crippen LogP contribution is 2.23. The summed E-state index contributed by atoms with van der Waals surface area (Å²) < 4.78 is 5.29. The zero-order valence-electron chi connectivity index (χ0n) is 11.0. The van der Waals surface area contributed by atoms with Crippen LogP contribution in [0.5, 0.6) is 5.75 Å². The average molecular weight is 310 g/mol. The predicted molar refractivity (Wildman–Crippen MR) is 83.1 cm³/mol. The Bertz CT molecular complexity index is 644. The van der Waals surface area contributed by atoms with Crippen molar-refractivity contribution in [1.82, 2.24) is 4.98 Å². The minimum Gasteiger partial charge on any atom is -0.496 e. The summed E-state index contributed by atoms with van der Waals surface area (Å²) in [7, 11) is 1.62. The number of para-hydroxylation sites is 1. The van der Waals surface area contributed by atoms with Crippen LogP contribution in [0.1, 0.15) is 12.5 Å². The van der Waals surface area contributed by atoms with E-state index in [2.05, 4.69) is 15.5 Å². The molecule has 104 valence electrons. The topological polar surface area (TPSA) is 46.5 Å². The maximum atomic E-state index is 6.01. The van der Waals surface area contributed by atoms with Crippen molar-refractivity contribution in [2.75, 3.05) is 12.5 Å². The summed E-state index contributed by atoms with van der Waals surface area (Å²) in [6.45, 7) is 1.87. The standard InChI is InChI=1S/C14H13Cl2N3O/c1-9(11-5-3-4-6-13(11)20-2)18-19-14-12(16)7-10(15)8-17-14/h3-8H,1-2H3,(H,17,19)/b18-9-. The SMILES string of the molecule is COc1ccccc1/C(C)=N\Nc1ncc(Cl)cc1Cl. The largest absolute Gasteiger partial charge is 0.496 e. The molecule has 2 aromatic rings. The first kappa shape index (κ1) is 14.6. The normalized spacial score (nSPS) is 11.3. The molecular formula is C14H13Cl2N3O. The third-order valence-electron chi connectivity index (χ3n) is 2.63. The fourth-order valence-electron chi connectivity index (χ4n) is 1.64. The van der Waals surface area contributed by atoms with Crippen LogP contribution < -0.4 is 10.2 Å². The number of rotatable bonds is 4. The van der Waals surface area contributed by atoms with Crippen molar-refractivity contribution < 1.29 is 4.74 Å². The maximum absolute atomic E-state index is 6.01. The van der Waals surface area contributed by atoms with Gasteiger partial charge in [-0.15, -0.1) is 0 Å². The summed E-state index contributed by atoms with van der Waals surface area (Å²) in [6.07, 6.45) is 1.50. The summed E-state index contributed by atoms with van der Waals surface area (Å²) in [6, 6.07) is 9.23. The molecule has 1 heterocycles. The molecule has 1 N–H and O–H groups in total. The zero-order valence-corrected chi connectivity index (χ0v) is 12.5. The highest BCUT2D eigenvalue weighted by Gasteiger charge is 2.06. The second kappa shape index (κ2) is 6.59. The quantitative estimate of drug-likeness (QED) is 0.679. The molecule has 1 aromatic carbocycles. The van der Waals surface area contributed by atoms with E-state index in [-0.39, 0.29) is 0 Å². The lowest BCUT2D eigenvalue weighted by atomic mass is 10.1. The maximum Gasteiger partial charge on any atom is 0.165 e. The number of nitrogens with one attached hydrogen (secondary N) is 1. The van der Waals surface area contributed by atoms with Crippen molar-refractivity contribution in [3.63, 3.8) is 0 Å². The minimum atomic E-state index is 0.411. The number of pyridine rings is 1. The molecule has 6 heteroatoms. The summed E-state index contributed by atoms with van der Waals surface area (Å²) in [5.41, 5.74) is 4.48. The summed E-state index contributed by atoms with van der Waals surface area (Å²) in [5.74, 6) is 1.20. The van der Waals surface area contributed by atoms with Crippen LogP contribution in [-0.4, -0.2) is 17.8 Å². The lowest BCUT2D eigenvalue weighted by Gasteiger charge is -2.08. The van der Waals surface area contributed by atoms with E-state index in [1.165, 1.54) is 6.20 Å². The molecule has 0 aliphatic heterocycles. The van der Waals surface area contributed by atoms with E-state index in [0.717, 1.165) is 17.0 Å². The molecule has 0 spiro atoms. The molecule has 0 saturated heterocycles. The van der Waals surface area contributed by atoms with Crippen LogP contribution in [0.3, 0.4) is 0 Å². The molecule has 0 bridgehead atoms. The first-order chi connectivity index (χ1) is 9.61. The predicted octanol–water partition coefficient (Wildman–Crippen LogP) is 4.23. The molecule has 0 aliphatic carbocycles. The number of nitrogens with zero attached hydrogens (tertiary/aromatic N) is 2. The summed E-state index contributed by atoms with van der Waals surface area (Å²) in [5, 5.41) is 5.15. The first-order valence-corrected chi connectivity index (χ1v) is 6.62. The fourth-order valence-corrected chi connectivity index (χ4v) is 2.06. The monoisotopic (exact) mass is 309 g/mol. The van der Waals surface area contributed by atoms with Crippen LogP contribution in [0.15, 0.2) is 41.6 Å². The molecule has 0 saturated carbocycles. The highest BCUT2D eigenvalue weighted by molar-refractivity contribution is 6.35. The lowest BCUT2D eigenvalue weighted by molar-refractivity contribution is 0.414. The van der Waals surface area contributed by atoms with Gasteiger partial charge in [0.15, 0.2) is 5.82 Å². The smallest absolute Gasteiger partial charge is 0.165 e. The van der Waals surface area contributed by atoms with Gasteiger partial charge in [0.2, 0.25) is 0 Å². The lowest BCUT2D eigenvalue weighted by Crippen LogP contribution is -2.03. The van der Waals surface area contributed by atoms with Gasteiger partial charge in [-0.1, -0.05) is 35.3 Å². The van der Waals surface area contributed by atoms with E-state index < -0.39 is 0 Å². The molecule has 0 atom stereocenters. The average Bonchev–Trinajstić information content (AvgIpc) is 2.46. The van der Waals surface area contributed by atoms with E-state index in [1.54, 1.807) is 13.2 Å². The molecule has 0 amide bonds. The Morgan fingerprint density at radius 1 is 1.30 bits per heavy atom. The summed E-state index contributed by atoms with van der Waals surface area (Å²) >= 11 is 11.8. The van der Waals surface area contributed by atoms with E-state index in [4.69, 9.17) is 27.9 Å². The van der Waals surface area contributed by atoms with Gasteiger partial charge in [-0.3, -0.25) is 5.43 Å². The van der Waals surface area contributed by atoms with Crippen LogP contribution in [0.4, 0.5) is 5.82 Å². The molecule has 0 radical (unpaired) electrons. The Hall–Kier alpha value is -1.78. The Balaban J connectivity index is 2.22. The first-order valence-electron chi connectivity index (χ1n) is 5.86. The number of hydrazone groups is 1. The third kappa shape index (κ3) is 3.40. The van der Waals surface area contributed by atoms with E-state index >= 15 is 0 Å². The Labute approximate surface area is 127 Å². The number of methoxy groups -OCH3 is 1. The van der Waals surface area contributed by atoms with Crippen molar-refractivity contribution in [1.29, 1.82) is 0 Å². The van der Waals surface area contributed by atoms with E-state index in [9.17, 15) is 0 Å². The van der Waals surface area contributed by atoms with Crippen LogP contribution >= 0.6 is 23.2 Å². The highest BCUT2D eigenvalue weighted by atomic mass is 35.5. The van der Waals surface area contributed by atoms with E-state index in [1.807, 2.05) is 31.2 Å². The number of hydrogen-bond donors (Lipinski definition) is 1. The Morgan fingerprint density at radius 3 is 2.75 bits per heavy atom. The molecule has 4 nitrogen and oxygen atoms in total.